The molecule has 128 valence electrons. The number of hydrogen-bond donors (Lipinski definition) is 3. The van der Waals surface area contributed by atoms with Gasteiger partial charge in [-0.25, -0.2) is 13.4 Å². The summed E-state index contributed by atoms with van der Waals surface area (Å²) in [4.78, 5) is 11.8. The van der Waals surface area contributed by atoms with Crippen LogP contribution < -0.4 is 10.6 Å². The molecule has 0 aromatic carbocycles. The van der Waals surface area contributed by atoms with Crippen LogP contribution >= 0.6 is 0 Å². The van der Waals surface area contributed by atoms with Gasteiger partial charge in [0.15, 0.2) is 5.82 Å². The molecular weight excluding hydrogens is 330 g/mol. The molecule has 0 spiro atoms. The van der Waals surface area contributed by atoms with Crippen LogP contribution in [-0.2, 0) is 16.9 Å². The lowest BCUT2D eigenvalue weighted by molar-refractivity contribution is 0.579. The number of H-pyrrole nitrogens is 1. The maximum atomic E-state index is 12.5. The summed E-state index contributed by atoms with van der Waals surface area (Å²) in [7, 11) is -0.133. The lowest BCUT2D eigenvalue weighted by Crippen LogP contribution is -2.16. The van der Waals surface area contributed by atoms with Crippen LogP contribution in [0.2, 0.25) is 0 Å². The molecule has 3 aromatic heterocycles. The molecule has 0 amide bonds. The first kappa shape index (κ1) is 16.2. The van der Waals surface area contributed by atoms with Gasteiger partial charge in [-0.05, 0) is 19.9 Å². The quantitative estimate of drug-likeness (QED) is 0.641. The smallest absolute Gasteiger partial charge is 0.225 e. The van der Waals surface area contributed by atoms with Crippen LogP contribution in [0.25, 0.3) is 11.0 Å². The second-order valence-corrected chi connectivity index (χ2v) is 8.04. The van der Waals surface area contributed by atoms with Gasteiger partial charge in [0.05, 0.1) is 16.5 Å². The minimum Gasteiger partial charge on any atom is -0.357 e. The Morgan fingerprint density at radius 3 is 2.71 bits per heavy atom. The third-order valence-electron chi connectivity index (χ3n) is 3.57. The molecule has 3 aromatic rings. The fourth-order valence-corrected chi connectivity index (χ4v) is 3.36. The Kier molecular flexibility index (Phi) is 3.91. The van der Waals surface area contributed by atoms with E-state index in [1.54, 1.807) is 40.3 Å². The molecule has 3 rings (SSSR count). The zero-order valence-electron chi connectivity index (χ0n) is 13.8. The molecule has 0 aliphatic heterocycles. The van der Waals surface area contributed by atoms with Gasteiger partial charge in [0.25, 0.3) is 0 Å². The second-order valence-electron chi connectivity index (χ2n) is 5.62. The van der Waals surface area contributed by atoms with Crippen molar-refractivity contribution in [3.05, 3.63) is 18.5 Å². The van der Waals surface area contributed by atoms with Crippen LogP contribution in [-0.4, -0.2) is 45.4 Å². The molecule has 3 heterocycles. The van der Waals surface area contributed by atoms with Gasteiger partial charge in [0.1, 0.15) is 5.52 Å². The summed E-state index contributed by atoms with van der Waals surface area (Å²) in [6.07, 6.45) is 3.37. The molecular formula is C14H19N7O2S. The molecule has 9 nitrogen and oxygen atoms in total. The highest BCUT2D eigenvalue weighted by molar-refractivity contribution is 7.92. The van der Waals surface area contributed by atoms with Crippen molar-refractivity contribution in [2.45, 2.75) is 24.1 Å². The van der Waals surface area contributed by atoms with E-state index in [9.17, 15) is 8.42 Å². The number of sulfone groups is 1. The predicted molar refractivity (Wildman–Crippen MR) is 92.2 cm³/mol. The van der Waals surface area contributed by atoms with E-state index in [0.29, 0.717) is 28.5 Å². The molecule has 0 fully saturated rings. The van der Waals surface area contributed by atoms with Crippen molar-refractivity contribution in [3.63, 3.8) is 0 Å². The van der Waals surface area contributed by atoms with E-state index in [1.807, 2.05) is 6.07 Å². The number of aromatic nitrogens is 5. The van der Waals surface area contributed by atoms with Crippen molar-refractivity contribution < 1.29 is 8.42 Å². The Bertz CT molecular complexity index is 988. The number of nitrogens with zero attached hydrogens (tertiary/aromatic N) is 4. The van der Waals surface area contributed by atoms with Crippen molar-refractivity contribution in [2.75, 3.05) is 17.7 Å². The number of hydrogen-bond acceptors (Lipinski definition) is 7. The first-order chi connectivity index (χ1) is 11.3. The Labute approximate surface area is 139 Å². The largest absolute Gasteiger partial charge is 0.357 e. The summed E-state index contributed by atoms with van der Waals surface area (Å²) < 4.78 is 26.5. The maximum absolute atomic E-state index is 12.5. The van der Waals surface area contributed by atoms with Crippen molar-refractivity contribution in [2.24, 2.45) is 7.05 Å². The molecule has 0 atom stereocenters. The van der Waals surface area contributed by atoms with Crippen LogP contribution in [0.1, 0.15) is 13.8 Å². The lowest BCUT2D eigenvalue weighted by atomic mass is 10.4. The van der Waals surface area contributed by atoms with Crippen molar-refractivity contribution in [1.82, 2.24) is 24.7 Å². The van der Waals surface area contributed by atoms with Gasteiger partial charge in [0, 0.05) is 26.5 Å². The average molecular weight is 349 g/mol. The lowest BCUT2D eigenvalue weighted by Gasteiger charge is -2.10. The molecule has 24 heavy (non-hydrogen) atoms. The number of aryl methyl sites for hydroxylation is 1. The summed E-state index contributed by atoms with van der Waals surface area (Å²) in [5.74, 6) is 0.907. The van der Waals surface area contributed by atoms with Gasteiger partial charge in [0.2, 0.25) is 20.8 Å². The van der Waals surface area contributed by atoms with Crippen LogP contribution in [0.5, 0.6) is 0 Å². The third-order valence-corrected chi connectivity index (χ3v) is 5.65. The zero-order chi connectivity index (χ0) is 17.5. The number of rotatable bonds is 5. The highest BCUT2D eigenvalue weighted by Crippen LogP contribution is 2.29. The fraction of sp³-hybridized carbons (Fsp3) is 0.357. The molecule has 10 heteroatoms. The molecule has 0 bridgehead atoms. The fourth-order valence-electron chi connectivity index (χ4n) is 2.26. The van der Waals surface area contributed by atoms with Gasteiger partial charge < -0.3 is 15.6 Å². The SMILES string of the molecule is CNc1nc(Nc2cn(C)nc2S(=O)(=O)C(C)C)c2[nH]ccc2n1. The highest BCUT2D eigenvalue weighted by atomic mass is 32.2. The Hall–Kier alpha value is -2.62. The standard InChI is InChI=1S/C14H19N7O2S/c1-8(2)24(22,23)13-10(7-21(4)20-13)17-12-11-9(5-6-16-11)18-14(15-3)19-12/h5-8,16H,1-4H3,(H2,15,17,18,19). The minimum absolute atomic E-state index is 0.00401. The summed E-state index contributed by atoms with van der Waals surface area (Å²) in [6.45, 7) is 3.25. The van der Waals surface area contributed by atoms with Crippen molar-refractivity contribution >= 4 is 38.3 Å². The molecule has 3 N–H and O–H groups in total. The summed E-state index contributed by atoms with van der Waals surface area (Å²) in [5, 5.41) is 9.50. The summed E-state index contributed by atoms with van der Waals surface area (Å²) >= 11 is 0. The van der Waals surface area contributed by atoms with E-state index in [4.69, 9.17) is 0 Å². The summed E-state index contributed by atoms with van der Waals surface area (Å²) in [5.41, 5.74) is 1.78. The number of nitrogens with one attached hydrogen (secondary N) is 3. The van der Waals surface area contributed by atoms with Crippen LogP contribution in [0.3, 0.4) is 0 Å². The van der Waals surface area contributed by atoms with E-state index in [1.165, 1.54) is 4.68 Å². The number of aromatic amines is 1. The monoisotopic (exact) mass is 349 g/mol. The first-order valence-electron chi connectivity index (χ1n) is 7.40. The van der Waals surface area contributed by atoms with E-state index in [2.05, 4.69) is 30.7 Å². The topological polar surface area (TPSA) is 118 Å². The van der Waals surface area contributed by atoms with Crippen LogP contribution in [0.15, 0.2) is 23.5 Å². The average Bonchev–Trinajstić information content (AvgIpc) is 3.13. The summed E-state index contributed by atoms with van der Waals surface area (Å²) in [6, 6.07) is 1.82. The van der Waals surface area contributed by atoms with Gasteiger partial charge in [-0.15, -0.1) is 0 Å². The van der Waals surface area contributed by atoms with Crippen molar-refractivity contribution in [1.29, 1.82) is 0 Å². The second kappa shape index (κ2) is 5.78. The molecule has 0 aliphatic carbocycles. The number of anilines is 3. The normalized spacial score (nSPS) is 12.0. The predicted octanol–water partition coefficient (Wildman–Crippen LogP) is 1.66. The molecule has 0 unspecified atom stereocenters. The molecule has 0 saturated carbocycles. The van der Waals surface area contributed by atoms with E-state index in [-0.39, 0.29) is 5.03 Å². The third kappa shape index (κ3) is 2.68. The van der Waals surface area contributed by atoms with Gasteiger partial charge >= 0.3 is 0 Å². The Balaban J connectivity index is 2.12. The maximum Gasteiger partial charge on any atom is 0.225 e. The first-order valence-corrected chi connectivity index (χ1v) is 8.95. The zero-order valence-corrected chi connectivity index (χ0v) is 14.6. The highest BCUT2D eigenvalue weighted by Gasteiger charge is 2.27. The van der Waals surface area contributed by atoms with Gasteiger partial charge in [-0.1, -0.05) is 0 Å². The van der Waals surface area contributed by atoms with Crippen molar-refractivity contribution in [3.8, 4) is 0 Å². The van der Waals surface area contributed by atoms with E-state index >= 15 is 0 Å². The Morgan fingerprint density at radius 2 is 2.04 bits per heavy atom. The Morgan fingerprint density at radius 1 is 1.29 bits per heavy atom. The van der Waals surface area contributed by atoms with E-state index < -0.39 is 15.1 Å². The molecule has 0 aliphatic rings. The van der Waals surface area contributed by atoms with Crippen LogP contribution in [0.4, 0.5) is 17.5 Å². The molecule has 0 saturated heterocycles. The van der Waals surface area contributed by atoms with Crippen LogP contribution in [0, 0.1) is 0 Å². The molecule has 0 radical (unpaired) electrons. The minimum atomic E-state index is -3.53. The van der Waals surface area contributed by atoms with Gasteiger partial charge in [-0.2, -0.15) is 10.1 Å². The van der Waals surface area contributed by atoms with E-state index in [0.717, 1.165) is 0 Å². The number of fused-ring (bicyclic) bond motifs is 1. The van der Waals surface area contributed by atoms with Gasteiger partial charge in [-0.3, -0.25) is 4.68 Å².